The van der Waals surface area contributed by atoms with Gasteiger partial charge in [-0.25, -0.2) is 14.6 Å². The maximum atomic E-state index is 14.0. The number of aliphatic hydroxyl groups excluding tert-OH is 1. The lowest BCUT2D eigenvalue weighted by Crippen LogP contribution is -2.55. The molecular formula is C41H48N6O5S2. The van der Waals surface area contributed by atoms with Crippen molar-refractivity contribution in [3.8, 4) is 0 Å². The number of nitrogens with zero attached hydrogens (tertiary/aromatic N) is 3. The molecule has 4 amide bonds. The van der Waals surface area contributed by atoms with Crippen molar-refractivity contribution in [3.05, 3.63) is 140 Å². The molecular weight excluding hydrogens is 721 g/mol. The van der Waals surface area contributed by atoms with Crippen molar-refractivity contribution in [2.75, 3.05) is 7.05 Å². The van der Waals surface area contributed by atoms with Gasteiger partial charge in [0, 0.05) is 31.1 Å². The third-order valence-electron chi connectivity index (χ3n) is 8.86. The molecule has 0 aliphatic carbocycles. The number of amides is 4. The van der Waals surface area contributed by atoms with E-state index < -0.39 is 36.4 Å². The molecule has 5 rings (SSSR count). The number of rotatable bonds is 18. The van der Waals surface area contributed by atoms with Crippen molar-refractivity contribution in [3.63, 3.8) is 0 Å². The molecule has 0 aliphatic heterocycles. The Morgan fingerprint density at radius 1 is 0.833 bits per heavy atom. The molecule has 0 bridgehead atoms. The van der Waals surface area contributed by atoms with Gasteiger partial charge in [0.15, 0.2) is 0 Å². The number of benzene rings is 3. The molecule has 0 aliphatic rings. The predicted molar refractivity (Wildman–Crippen MR) is 212 cm³/mol. The number of alkyl carbamates (subject to hydrolysis) is 1. The molecule has 0 saturated carbocycles. The first-order valence-electron chi connectivity index (χ1n) is 18.0. The number of thiazole rings is 2. The van der Waals surface area contributed by atoms with Crippen LogP contribution in [0.3, 0.4) is 0 Å². The second kappa shape index (κ2) is 20.4. The quantitative estimate of drug-likeness (QED) is 0.0811. The van der Waals surface area contributed by atoms with Crippen LogP contribution in [-0.2, 0) is 41.9 Å². The number of urea groups is 1. The summed E-state index contributed by atoms with van der Waals surface area (Å²) in [5.41, 5.74) is 5.49. The summed E-state index contributed by atoms with van der Waals surface area (Å²) in [5.74, 6) is -0.600. The fraction of sp³-hybridized carbons (Fsp3) is 0.341. The molecule has 5 aromatic rings. The van der Waals surface area contributed by atoms with E-state index in [4.69, 9.17) is 9.72 Å². The van der Waals surface area contributed by atoms with Gasteiger partial charge in [0.25, 0.3) is 0 Å². The van der Waals surface area contributed by atoms with E-state index in [0.717, 1.165) is 33.1 Å². The lowest BCUT2D eigenvalue weighted by atomic mass is 9.93. The van der Waals surface area contributed by atoms with E-state index in [0.29, 0.717) is 12.8 Å². The Morgan fingerprint density at radius 3 is 2.07 bits per heavy atom. The molecule has 13 heteroatoms. The second-order valence-corrected chi connectivity index (χ2v) is 15.5. The first-order valence-corrected chi connectivity index (χ1v) is 19.7. The summed E-state index contributed by atoms with van der Waals surface area (Å²) in [7, 11) is 1.68. The SMILES string of the molecule is CC(C)[C@H](NC(=O)N(C)Cc1csc(Cc2ccccc2)n1)C(=O)N[C@@H](Cc1ccccc1)C[C@H](O)[C@H](Cc1ccccc1)NC(=O)OCc1cncs1. The summed E-state index contributed by atoms with van der Waals surface area (Å²) >= 11 is 2.94. The highest BCUT2D eigenvalue weighted by Crippen LogP contribution is 2.18. The van der Waals surface area contributed by atoms with Crippen molar-refractivity contribution in [2.45, 2.75) is 76.9 Å². The normalized spacial score (nSPS) is 13.4. The Labute approximate surface area is 324 Å². The van der Waals surface area contributed by atoms with E-state index in [1.807, 2.05) is 98.1 Å². The molecule has 0 fully saturated rings. The Kier molecular flexibility index (Phi) is 15.1. The highest BCUT2D eigenvalue weighted by Gasteiger charge is 2.31. The Bertz CT molecular complexity index is 1880. The second-order valence-electron chi connectivity index (χ2n) is 13.6. The lowest BCUT2D eigenvalue weighted by molar-refractivity contribution is -0.124. The molecule has 0 radical (unpaired) electrons. The highest BCUT2D eigenvalue weighted by molar-refractivity contribution is 7.09. The van der Waals surface area contributed by atoms with Gasteiger partial charge >= 0.3 is 12.1 Å². The van der Waals surface area contributed by atoms with Gasteiger partial charge in [-0.2, -0.15) is 0 Å². The van der Waals surface area contributed by atoms with Crippen LogP contribution in [0.2, 0.25) is 0 Å². The summed E-state index contributed by atoms with van der Waals surface area (Å²) in [6, 6.07) is 26.9. The predicted octanol–water partition coefficient (Wildman–Crippen LogP) is 6.37. The zero-order chi connectivity index (χ0) is 38.3. The van der Waals surface area contributed by atoms with E-state index in [1.165, 1.54) is 21.8 Å². The number of nitrogens with one attached hydrogen (secondary N) is 3. The molecule has 0 spiro atoms. The van der Waals surface area contributed by atoms with Gasteiger partial charge < -0.3 is 30.7 Å². The maximum Gasteiger partial charge on any atom is 0.407 e. The van der Waals surface area contributed by atoms with Gasteiger partial charge in [-0.3, -0.25) is 9.78 Å². The number of carbonyl (C=O) groups is 3. The smallest absolute Gasteiger partial charge is 0.407 e. The minimum Gasteiger partial charge on any atom is -0.444 e. The number of hydrogen-bond donors (Lipinski definition) is 4. The minimum atomic E-state index is -1.06. The van der Waals surface area contributed by atoms with Gasteiger partial charge in [-0.1, -0.05) is 105 Å². The van der Waals surface area contributed by atoms with Crippen molar-refractivity contribution in [1.29, 1.82) is 0 Å². The maximum absolute atomic E-state index is 14.0. The van der Waals surface area contributed by atoms with Crippen LogP contribution < -0.4 is 16.0 Å². The first-order chi connectivity index (χ1) is 26.1. The van der Waals surface area contributed by atoms with Crippen LogP contribution in [0, 0.1) is 5.92 Å². The van der Waals surface area contributed by atoms with E-state index in [2.05, 4.69) is 33.1 Å². The van der Waals surface area contributed by atoms with Gasteiger partial charge in [0.2, 0.25) is 5.91 Å². The molecule has 0 saturated heterocycles. The van der Waals surface area contributed by atoms with E-state index in [-0.39, 0.29) is 31.4 Å². The summed E-state index contributed by atoms with van der Waals surface area (Å²) in [6.45, 7) is 4.10. The summed E-state index contributed by atoms with van der Waals surface area (Å²) in [5, 5.41) is 23.5. The van der Waals surface area contributed by atoms with Crippen LogP contribution in [0.5, 0.6) is 0 Å². The molecule has 2 heterocycles. The fourth-order valence-electron chi connectivity index (χ4n) is 6.00. The molecule has 11 nitrogen and oxygen atoms in total. The molecule has 4 atom stereocenters. The minimum absolute atomic E-state index is 0.0634. The summed E-state index contributed by atoms with van der Waals surface area (Å²) in [6.07, 6.45) is 1.53. The van der Waals surface area contributed by atoms with Gasteiger partial charge in [-0.15, -0.1) is 22.7 Å². The van der Waals surface area contributed by atoms with Crippen LogP contribution in [0.25, 0.3) is 0 Å². The number of hydrogen-bond acceptors (Lipinski definition) is 9. The lowest BCUT2D eigenvalue weighted by Gasteiger charge is -2.30. The highest BCUT2D eigenvalue weighted by atomic mass is 32.1. The number of ether oxygens (including phenoxy) is 1. The van der Waals surface area contributed by atoms with Crippen molar-refractivity contribution < 1.29 is 24.2 Å². The van der Waals surface area contributed by atoms with Crippen molar-refractivity contribution >= 4 is 40.7 Å². The summed E-state index contributed by atoms with van der Waals surface area (Å²) in [4.78, 5) is 51.4. The summed E-state index contributed by atoms with van der Waals surface area (Å²) < 4.78 is 5.44. The average molecular weight is 769 g/mol. The number of aliphatic hydroxyl groups is 1. The third-order valence-corrected chi connectivity index (χ3v) is 10.5. The molecule has 2 aromatic heterocycles. The van der Waals surface area contributed by atoms with Gasteiger partial charge in [-0.05, 0) is 41.9 Å². The topological polar surface area (TPSA) is 146 Å². The monoisotopic (exact) mass is 768 g/mol. The van der Waals surface area contributed by atoms with E-state index in [1.54, 1.807) is 30.1 Å². The van der Waals surface area contributed by atoms with Gasteiger partial charge in [0.1, 0.15) is 12.6 Å². The van der Waals surface area contributed by atoms with E-state index in [9.17, 15) is 19.5 Å². The third kappa shape index (κ3) is 12.8. The van der Waals surface area contributed by atoms with Crippen LogP contribution in [0.4, 0.5) is 9.59 Å². The Hall–Kier alpha value is -5.11. The van der Waals surface area contributed by atoms with Gasteiger partial charge in [0.05, 0.1) is 39.8 Å². The van der Waals surface area contributed by atoms with Crippen LogP contribution in [0.15, 0.2) is 108 Å². The van der Waals surface area contributed by atoms with Crippen LogP contribution in [0.1, 0.15) is 52.5 Å². The van der Waals surface area contributed by atoms with Crippen molar-refractivity contribution in [1.82, 2.24) is 30.8 Å². The van der Waals surface area contributed by atoms with Crippen LogP contribution >= 0.6 is 22.7 Å². The zero-order valence-corrected chi connectivity index (χ0v) is 32.4. The average Bonchev–Trinajstić information content (AvgIpc) is 3.86. The van der Waals surface area contributed by atoms with Crippen molar-refractivity contribution in [2.24, 2.45) is 5.92 Å². The molecule has 0 unspecified atom stereocenters. The number of carbonyl (C=O) groups excluding carboxylic acids is 3. The van der Waals surface area contributed by atoms with E-state index >= 15 is 0 Å². The molecule has 284 valence electrons. The molecule has 3 aromatic carbocycles. The Morgan fingerprint density at radius 2 is 1.46 bits per heavy atom. The van der Waals surface area contributed by atoms with Crippen LogP contribution in [-0.4, -0.2) is 69.3 Å². The Balaban J connectivity index is 1.24. The molecule has 4 N–H and O–H groups in total. The molecule has 54 heavy (non-hydrogen) atoms. The first kappa shape index (κ1) is 40.1. The fourth-order valence-corrected chi connectivity index (χ4v) is 7.32. The number of aromatic nitrogens is 2. The zero-order valence-electron chi connectivity index (χ0n) is 30.8. The standard InChI is InChI=1S/C41H48N6O5S2/c1-28(2)38(46-40(50)47(3)24-33-26-53-37(43-33)21-31-17-11-6-12-18-31)39(49)44-32(19-29-13-7-4-8-14-29)22-36(48)35(20-30-15-9-5-10-16-30)45-41(51)52-25-34-23-42-27-54-34/h4-18,23,26-28,32,35-36,38,48H,19-22,24-25H2,1-3H3,(H,44,49)(H,45,51)(H,46,50)/t32-,35-,36-,38-/m0/s1. The largest absolute Gasteiger partial charge is 0.444 e.